The first-order valence-electron chi connectivity index (χ1n) is 13.9. The number of amides is 2. The van der Waals surface area contributed by atoms with E-state index < -0.39 is 0 Å². The van der Waals surface area contributed by atoms with Gasteiger partial charge >= 0.3 is 0 Å². The topological polar surface area (TPSA) is 74.8 Å². The number of ether oxygens (including phenoxy) is 1. The number of hydrogen-bond donors (Lipinski definition) is 1. The molecule has 7 nitrogen and oxygen atoms in total. The van der Waals surface area contributed by atoms with Crippen LogP contribution in [-0.4, -0.2) is 59.9 Å². The van der Waals surface area contributed by atoms with Crippen molar-refractivity contribution in [2.45, 2.75) is 44.7 Å². The van der Waals surface area contributed by atoms with Gasteiger partial charge in [-0.2, -0.15) is 0 Å². The number of hydrogen-bond acceptors (Lipinski definition) is 5. The summed E-state index contributed by atoms with van der Waals surface area (Å²) in [5.74, 6) is 1.14. The fraction of sp³-hybridized carbons (Fsp3) is 0.406. The van der Waals surface area contributed by atoms with Crippen molar-refractivity contribution in [2.24, 2.45) is 5.41 Å². The molecule has 1 aromatic heterocycles. The zero-order valence-electron chi connectivity index (χ0n) is 22.7. The van der Waals surface area contributed by atoms with Crippen LogP contribution in [0.1, 0.15) is 48.4 Å². The van der Waals surface area contributed by atoms with Crippen molar-refractivity contribution >= 4 is 11.8 Å². The lowest BCUT2D eigenvalue weighted by Crippen LogP contribution is -2.45. The van der Waals surface area contributed by atoms with Gasteiger partial charge in [0, 0.05) is 32.0 Å². The molecule has 2 saturated heterocycles. The molecule has 3 aromatic rings. The van der Waals surface area contributed by atoms with Gasteiger partial charge in [-0.1, -0.05) is 48.5 Å². The minimum absolute atomic E-state index is 0.00274. The van der Waals surface area contributed by atoms with Gasteiger partial charge in [-0.05, 0) is 73.7 Å². The molecule has 1 spiro atoms. The molecule has 2 amide bonds. The molecule has 5 rings (SSSR count). The first-order chi connectivity index (χ1) is 19.0. The smallest absolute Gasteiger partial charge is 0.229 e. The second kappa shape index (κ2) is 12.4. The number of carbonyl (C=O) groups excluding carboxylic acids is 2. The number of pyridine rings is 1. The number of likely N-dealkylation sites (tertiary alicyclic amines) is 2. The van der Waals surface area contributed by atoms with Crippen LogP contribution in [0.15, 0.2) is 79.1 Å². The van der Waals surface area contributed by atoms with Gasteiger partial charge in [0.05, 0.1) is 25.0 Å². The molecule has 39 heavy (non-hydrogen) atoms. The predicted molar refractivity (Wildman–Crippen MR) is 151 cm³/mol. The number of aromatic nitrogens is 1. The van der Waals surface area contributed by atoms with Crippen LogP contribution in [-0.2, 0) is 22.6 Å². The summed E-state index contributed by atoms with van der Waals surface area (Å²) in [4.78, 5) is 34.9. The lowest BCUT2D eigenvalue weighted by Gasteiger charge is -2.38. The minimum atomic E-state index is -0.222. The molecule has 2 fully saturated rings. The molecule has 7 heteroatoms. The zero-order valence-corrected chi connectivity index (χ0v) is 22.7. The fourth-order valence-electron chi connectivity index (χ4n) is 5.92. The van der Waals surface area contributed by atoms with E-state index in [9.17, 15) is 9.59 Å². The van der Waals surface area contributed by atoms with Crippen LogP contribution in [0.5, 0.6) is 5.75 Å². The van der Waals surface area contributed by atoms with Crippen molar-refractivity contribution in [3.8, 4) is 5.75 Å². The van der Waals surface area contributed by atoms with Gasteiger partial charge in [0.25, 0.3) is 0 Å². The molecular weight excluding hydrogens is 488 g/mol. The summed E-state index contributed by atoms with van der Waals surface area (Å²) in [5.41, 5.74) is 2.94. The standard InChI is InChI=1S/C32H38N4O3/c1-39-28-11-9-25(10-12-28)24-36-21-16-32(31(36)38)14-19-35(20-15-32)18-13-29(27-7-3-2-4-8-27)34-30(37)22-26-6-5-17-33-23-26/h2-12,17,23,29H,13-16,18-22,24H2,1H3,(H,34,37). The van der Waals surface area contributed by atoms with Gasteiger partial charge < -0.3 is 19.9 Å². The van der Waals surface area contributed by atoms with Gasteiger partial charge in [-0.25, -0.2) is 0 Å². The van der Waals surface area contributed by atoms with E-state index in [1.165, 1.54) is 0 Å². The lowest BCUT2D eigenvalue weighted by atomic mass is 9.77. The van der Waals surface area contributed by atoms with Crippen LogP contribution < -0.4 is 10.1 Å². The summed E-state index contributed by atoms with van der Waals surface area (Å²) >= 11 is 0. The van der Waals surface area contributed by atoms with E-state index in [2.05, 4.69) is 27.3 Å². The maximum atomic E-state index is 13.5. The fourth-order valence-corrected chi connectivity index (χ4v) is 5.92. The maximum absolute atomic E-state index is 13.5. The second-order valence-electron chi connectivity index (χ2n) is 10.8. The number of rotatable bonds is 10. The van der Waals surface area contributed by atoms with Crippen LogP contribution >= 0.6 is 0 Å². The summed E-state index contributed by atoms with van der Waals surface area (Å²) in [6, 6.07) is 21.9. The first kappa shape index (κ1) is 26.9. The van der Waals surface area contributed by atoms with Gasteiger partial charge in [0.2, 0.25) is 11.8 Å². The normalized spacial score (nSPS) is 17.8. The largest absolute Gasteiger partial charge is 0.497 e. The van der Waals surface area contributed by atoms with Crippen molar-refractivity contribution in [1.82, 2.24) is 20.1 Å². The van der Waals surface area contributed by atoms with E-state index in [0.717, 1.165) is 74.3 Å². The van der Waals surface area contributed by atoms with Gasteiger partial charge in [0.15, 0.2) is 0 Å². The monoisotopic (exact) mass is 526 g/mol. The van der Waals surface area contributed by atoms with Crippen LogP contribution in [0, 0.1) is 5.41 Å². The van der Waals surface area contributed by atoms with Crippen molar-refractivity contribution < 1.29 is 14.3 Å². The molecule has 0 aliphatic carbocycles. The first-order valence-corrected chi connectivity index (χ1v) is 13.9. The zero-order chi connectivity index (χ0) is 27.1. The Bertz CT molecular complexity index is 1230. The number of nitrogens with one attached hydrogen (secondary N) is 1. The number of piperidine rings is 1. The molecule has 3 heterocycles. The number of nitrogens with zero attached hydrogens (tertiary/aromatic N) is 3. The average molecular weight is 527 g/mol. The predicted octanol–water partition coefficient (Wildman–Crippen LogP) is 4.40. The summed E-state index contributed by atoms with van der Waals surface area (Å²) < 4.78 is 5.25. The molecule has 2 aromatic carbocycles. The Labute approximate surface area is 231 Å². The Hall–Kier alpha value is -3.71. The molecule has 1 unspecified atom stereocenters. The van der Waals surface area contributed by atoms with Crippen LogP contribution in [0.3, 0.4) is 0 Å². The molecule has 2 aliphatic heterocycles. The van der Waals surface area contributed by atoms with Crippen molar-refractivity contribution in [1.29, 1.82) is 0 Å². The number of carbonyl (C=O) groups is 2. The molecule has 1 atom stereocenters. The van der Waals surface area contributed by atoms with Gasteiger partial charge in [0.1, 0.15) is 5.75 Å². The number of methoxy groups -OCH3 is 1. The van der Waals surface area contributed by atoms with E-state index in [1.807, 2.05) is 59.5 Å². The summed E-state index contributed by atoms with van der Waals surface area (Å²) in [7, 11) is 1.66. The lowest BCUT2D eigenvalue weighted by molar-refractivity contribution is -0.139. The third-order valence-electron chi connectivity index (χ3n) is 8.31. The molecule has 0 radical (unpaired) electrons. The maximum Gasteiger partial charge on any atom is 0.229 e. The summed E-state index contributed by atoms with van der Waals surface area (Å²) in [6.45, 7) is 4.18. The van der Waals surface area contributed by atoms with E-state index in [4.69, 9.17) is 4.74 Å². The Kier molecular flexibility index (Phi) is 8.57. The third kappa shape index (κ3) is 6.66. The number of benzene rings is 2. The summed E-state index contributed by atoms with van der Waals surface area (Å²) in [5, 5.41) is 3.25. The molecule has 2 aliphatic rings. The van der Waals surface area contributed by atoms with Crippen molar-refractivity contribution in [3.63, 3.8) is 0 Å². The Balaban J connectivity index is 1.14. The molecule has 1 N–H and O–H groups in total. The highest BCUT2D eigenvalue weighted by Crippen LogP contribution is 2.42. The Morgan fingerprint density at radius 3 is 2.41 bits per heavy atom. The molecule has 204 valence electrons. The highest BCUT2D eigenvalue weighted by atomic mass is 16.5. The third-order valence-corrected chi connectivity index (χ3v) is 8.31. The van der Waals surface area contributed by atoms with Crippen LogP contribution in [0.2, 0.25) is 0 Å². The average Bonchev–Trinajstić information content (AvgIpc) is 3.27. The van der Waals surface area contributed by atoms with E-state index in [1.54, 1.807) is 19.5 Å². The van der Waals surface area contributed by atoms with Gasteiger partial charge in [-0.15, -0.1) is 0 Å². The highest BCUT2D eigenvalue weighted by molar-refractivity contribution is 5.85. The SMILES string of the molecule is COc1ccc(CN2CCC3(CCN(CCC(NC(=O)Cc4cccnc4)c4ccccc4)CC3)C2=O)cc1. The van der Waals surface area contributed by atoms with Crippen LogP contribution in [0.25, 0.3) is 0 Å². The molecule has 0 saturated carbocycles. The van der Waals surface area contributed by atoms with E-state index in [0.29, 0.717) is 18.9 Å². The minimum Gasteiger partial charge on any atom is -0.497 e. The van der Waals surface area contributed by atoms with Gasteiger partial charge in [-0.3, -0.25) is 14.6 Å². The second-order valence-corrected chi connectivity index (χ2v) is 10.8. The van der Waals surface area contributed by atoms with Crippen molar-refractivity contribution in [2.75, 3.05) is 33.3 Å². The van der Waals surface area contributed by atoms with E-state index >= 15 is 0 Å². The Morgan fingerprint density at radius 1 is 0.974 bits per heavy atom. The Morgan fingerprint density at radius 2 is 1.72 bits per heavy atom. The van der Waals surface area contributed by atoms with Crippen molar-refractivity contribution in [3.05, 3.63) is 95.8 Å². The highest BCUT2D eigenvalue weighted by Gasteiger charge is 2.47. The summed E-state index contributed by atoms with van der Waals surface area (Å²) in [6.07, 6.45) is 7.33. The molecule has 0 bridgehead atoms. The van der Waals surface area contributed by atoms with E-state index in [-0.39, 0.29) is 17.4 Å². The quantitative estimate of drug-likeness (QED) is 0.424. The van der Waals surface area contributed by atoms with Crippen LogP contribution in [0.4, 0.5) is 0 Å². The molecular formula is C32H38N4O3.